The quantitative estimate of drug-likeness (QED) is 0.777. The van der Waals surface area contributed by atoms with Crippen molar-refractivity contribution in [2.24, 2.45) is 5.41 Å². The predicted molar refractivity (Wildman–Crippen MR) is 76.2 cm³/mol. The summed E-state index contributed by atoms with van der Waals surface area (Å²) in [5, 5.41) is 3.43. The van der Waals surface area contributed by atoms with E-state index < -0.39 is 11.6 Å². The molecule has 1 N–H and O–H groups in total. The van der Waals surface area contributed by atoms with Crippen molar-refractivity contribution in [1.82, 2.24) is 5.32 Å². The number of hydrogen-bond acceptors (Lipinski definition) is 1. The number of nitrogens with one attached hydrogen (secondary N) is 1. The van der Waals surface area contributed by atoms with Crippen molar-refractivity contribution in [2.75, 3.05) is 6.54 Å². The number of halogens is 2. The number of hydrogen-bond donors (Lipinski definition) is 1. The van der Waals surface area contributed by atoms with E-state index >= 15 is 0 Å². The van der Waals surface area contributed by atoms with Gasteiger partial charge in [0.2, 0.25) is 0 Å². The van der Waals surface area contributed by atoms with Gasteiger partial charge in [0, 0.05) is 18.7 Å². The summed E-state index contributed by atoms with van der Waals surface area (Å²) < 4.78 is 26.5. The largest absolute Gasteiger partial charge is 0.314 e. The molecule has 1 nitrogen and oxygen atoms in total. The molecule has 0 radical (unpaired) electrons. The normalized spacial score (nSPS) is 14.7. The summed E-state index contributed by atoms with van der Waals surface area (Å²) in [6.45, 7) is 9.38. The minimum absolute atomic E-state index is 0.0270. The van der Waals surface area contributed by atoms with E-state index in [1.54, 1.807) is 0 Å². The fourth-order valence-electron chi connectivity index (χ4n) is 2.50. The Morgan fingerprint density at radius 1 is 1.16 bits per heavy atom. The van der Waals surface area contributed by atoms with Crippen LogP contribution in [0.15, 0.2) is 18.2 Å². The maximum absolute atomic E-state index is 13.2. The van der Waals surface area contributed by atoms with Gasteiger partial charge < -0.3 is 5.32 Å². The third-order valence-electron chi connectivity index (χ3n) is 3.34. The molecule has 0 spiro atoms. The van der Waals surface area contributed by atoms with Crippen molar-refractivity contribution in [2.45, 2.75) is 53.0 Å². The molecule has 1 aromatic rings. The molecule has 0 aliphatic heterocycles. The van der Waals surface area contributed by atoms with E-state index in [1.807, 2.05) is 0 Å². The Morgan fingerprint density at radius 3 is 2.21 bits per heavy atom. The molecule has 0 bridgehead atoms. The van der Waals surface area contributed by atoms with Gasteiger partial charge in [-0.25, -0.2) is 8.78 Å². The average molecular weight is 269 g/mol. The van der Waals surface area contributed by atoms with E-state index in [0.717, 1.165) is 31.0 Å². The van der Waals surface area contributed by atoms with Crippen LogP contribution in [-0.4, -0.2) is 12.6 Å². The molecule has 19 heavy (non-hydrogen) atoms. The van der Waals surface area contributed by atoms with Crippen LogP contribution in [0.5, 0.6) is 0 Å². The zero-order valence-corrected chi connectivity index (χ0v) is 12.4. The number of benzene rings is 1. The van der Waals surface area contributed by atoms with E-state index in [0.29, 0.717) is 12.5 Å². The molecule has 0 amide bonds. The molecule has 1 rings (SSSR count). The molecular formula is C16H25F2N. The lowest BCUT2D eigenvalue weighted by Crippen LogP contribution is -2.37. The summed E-state index contributed by atoms with van der Waals surface area (Å²) in [6, 6.07) is 4.21. The second-order valence-electron chi connectivity index (χ2n) is 6.05. The molecule has 1 atom stereocenters. The fraction of sp³-hybridized carbons (Fsp3) is 0.625. The highest BCUT2D eigenvalue weighted by Crippen LogP contribution is 2.28. The number of rotatable bonds is 7. The first-order chi connectivity index (χ1) is 8.84. The van der Waals surface area contributed by atoms with Crippen molar-refractivity contribution in [3.8, 4) is 0 Å². The highest BCUT2D eigenvalue weighted by molar-refractivity contribution is 5.19. The maximum Gasteiger partial charge on any atom is 0.126 e. The second kappa shape index (κ2) is 6.99. The molecule has 1 unspecified atom stereocenters. The minimum Gasteiger partial charge on any atom is -0.314 e. The van der Waals surface area contributed by atoms with Crippen LogP contribution in [0.2, 0.25) is 0 Å². The van der Waals surface area contributed by atoms with Gasteiger partial charge in [-0.1, -0.05) is 34.1 Å². The molecular weight excluding hydrogens is 244 g/mol. The monoisotopic (exact) mass is 269 g/mol. The van der Waals surface area contributed by atoms with Gasteiger partial charge in [-0.15, -0.1) is 0 Å². The highest BCUT2D eigenvalue weighted by atomic mass is 19.1. The summed E-state index contributed by atoms with van der Waals surface area (Å²) in [7, 11) is 0. The van der Waals surface area contributed by atoms with Crippen LogP contribution in [0.3, 0.4) is 0 Å². The van der Waals surface area contributed by atoms with E-state index in [9.17, 15) is 8.78 Å². The topological polar surface area (TPSA) is 12.0 Å². The van der Waals surface area contributed by atoms with Crippen LogP contribution >= 0.6 is 0 Å². The van der Waals surface area contributed by atoms with Crippen LogP contribution in [0.25, 0.3) is 0 Å². The van der Waals surface area contributed by atoms with Crippen molar-refractivity contribution in [1.29, 1.82) is 0 Å². The Kier molecular flexibility index (Phi) is 5.92. The van der Waals surface area contributed by atoms with E-state index in [-0.39, 0.29) is 5.41 Å². The Hall–Kier alpha value is -0.960. The zero-order valence-electron chi connectivity index (χ0n) is 12.4. The molecule has 1 aromatic carbocycles. The van der Waals surface area contributed by atoms with Crippen LogP contribution in [0, 0.1) is 17.0 Å². The lowest BCUT2D eigenvalue weighted by molar-refractivity contribution is 0.266. The van der Waals surface area contributed by atoms with Crippen molar-refractivity contribution in [3.63, 3.8) is 0 Å². The van der Waals surface area contributed by atoms with Crippen molar-refractivity contribution >= 4 is 0 Å². The molecule has 0 aliphatic carbocycles. The Bertz CT molecular complexity index is 383. The van der Waals surface area contributed by atoms with Gasteiger partial charge in [0.05, 0.1) is 0 Å². The first-order valence-electron chi connectivity index (χ1n) is 7.03. The van der Waals surface area contributed by atoms with Crippen LogP contribution in [0.4, 0.5) is 8.78 Å². The fourth-order valence-corrected chi connectivity index (χ4v) is 2.50. The molecule has 0 fully saturated rings. The van der Waals surface area contributed by atoms with Gasteiger partial charge in [-0.05, 0) is 36.0 Å². The first-order valence-corrected chi connectivity index (χ1v) is 7.03. The second-order valence-corrected chi connectivity index (χ2v) is 6.05. The smallest absolute Gasteiger partial charge is 0.126 e. The van der Waals surface area contributed by atoms with Gasteiger partial charge >= 0.3 is 0 Å². The molecule has 0 saturated carbocycles. The highest BCUT2D eigenvalue weighted by Gasteiger charge is 2.24. The van der Waals surface area contributed by atoms with Gasteiger partial charge in [0.15, 0.2) is 0 Å². The van der Waals surface area contributed by atoms with Gasteiger partial charge in [0.1, 0.15) is 11.6 Å². The predicted octanol–water partition coefficient (Wildman–Crippen LogP) is 4.31. The lowest BCUT2D eigenvalue weighted by atomic mass is 9.79. The zero-order chi connectivity index (χ0) is 14.5. The maximum atomic E-state index is 13.2. The van der Waals surface area contributed by atoms with E-state index in [2.05, 4.69) is 33.0 Å². The van der Waals surface area contributed by atoms with Gasteiger partial charge in [0.25, 0.3) is 0 Å². The Balaban J connectivity index is 2.81. The van der Waals surface area contributed by atoms with Crippen LogP contribution in [0.1, 0.15) is 46.1 Å². The summed E-state index contributed by atoms with van der Waals surface area (Å²) in [6.07, 6.45) is 2.79. The Morgan fingerprint density at radius 2 is 1.74 bits per heavy atom. The SMILES string of the molecule is CCCC(C)(CNC(C)C)Cc1cc(F)cc(F)c1. The Labute approximate surface area is 115 Å². The average Bonchev–Trinajstić information content (AvgIpc) is 2.25. The summed E-state index contributed by atoms with van der Waals surface area (Å²) in [5.41, 5.74) is 0.762. The molecule has 0 saturated heterocycles. The molecule has 0 heterocycles. The summed E-state index contributed by atoms with van der Waals surface area (Å²) >= 11 is 0. The standard InChI is InChI=1S/C16H25F2N/c1-5-6-16(4,11-19-12(2)3)10-13-7-14(17)9-15(18)8-13/h7-9,12,19H,5-6,10-11H2,1-4H3. The van der Waals surface area contributed by atoms with Crippen molar-refractivity contribution in [3.05, 3.63) is 35.4 Å². The lowest BCUT2D eigenvalue weighted by Gasteiger charge is -2.31. The van der Waals surface area contributed by atoms with Gasteiger partial charge in [-0.2, -0.15) is 0 Å². The third kappa shape index (κ3) is 5.68. The van der Waals surface area contributed by atoms with E-state index in [1.165, 1.54) is 12.1 Å². The van der Waals surface area contributed by atoms with Crippen LogP contribution < -0.4 is 5.32 Å². The summed E-state index contributed by atoms with van der Waals surface area (Å²) in [5.74, 6) is -0.990. The van der Waals surface area contributed by atoms with Crippen molar-refractivity contribution < 1.29 is 8.78 Å². The minimum atomic E-state index is -0.495. The van der Waals surface area contributed by atoms with E-state index in [4.69, 9.17) is 0 Å². The molecule has 0 aromatic heterocycles. The van der Waals surface area contributed by atoms with Gasteiger partial charge in [-0.3, -0.25) is 0 Å². The molecule has 0 aliphatic rings. The first kappa shape index (κ1) is 16.1. The summed E-state index contributed by atoms with van der Waals surface area (Å²) in [4.78, 5) is 0. The molecule has 3 heteroatoms. The third-order valence-corrected chi connectivity index (χ3v) is 3.34. The molecule has 108 valence electrons. The van der Waals surface area contributed by atoms with Crippen LogP contribution in [-0.2, 0) is 6.42 Å².